The Morgan fingerprint density at radius 2 is 2.12 bits per heavy atom. The molecule has 6 nitrogen and oxygen atoms in total. The first-order chi connectivity index (χ1) is 12.0. The highest BCUT2D eigenvalue weighted by Crippen LogP contribution is 2.38. The van der Waals surface area contributed by atoms with E-state index in [0.717, 1.165) is 0 Å². The van der Waals surface area contributed by atoms with Crippen LogP contribution >= 0.6 is 11.3 Å². The van der Waals surface area contributed by atoms with Crippen LogP contribution in [0.3, 0.4) is 0 Å². The van der Waals surface area contributed by atoms with Crippen molar-refractivity contribution in [2.75, 3.05) is 27.2 Å². The molecule has 2 aromatic heterocycles. The van der Waals surface area contributed by atoms with Crippen molar-refractivity contribution in [1.82, 2.24) is 14.8 Å². The average molecular weight is 357 g/mol. The van der Waals surface area contributed by atoms with Gasteiger partial charge in [0.2, 0.25) is 5.78 Å². The molecule has 0 aliphatic carbocycles. The maximum Gasteiger partial charge on any atom is 0.290 e. The van der Waals surface area contributed by atoms with E-state index in [4.69, 9.17) is 0 Å². The zero-order valence-electron chi connectivity index (χ0n) is 14.0. The molecule has 3 rings (SSSR count). The van der Waals surface area contributed by atoms with Crippen molar-refractivity contribution in [2.24, 2.45) is 0 Å². The molecule has 1 amide bonds. The van der Waals surface area contributed by atoms with Crippen LogP contribution in [0.5, 0.6) is 0 Å². The summed E-state index contributed by atoms with van der Waals surface area (Å²) < 4.78 is 0. The van der Waals surface area contributed by atoms with E-state index in [-0.39, 0.29) is 11.4 Å². The standard InChI is InChI=1S/C18H19N3O3S/c1-20(2)9-10-21-15(12-6-3-4-8-19-12)14(17(23)18(21)24)16(22)13-7-5-11-25-13/h3-8,11,15,23H,9-10H2,1-2H3. The Morgan fingerprint density at radius 3 is 2.72 bits per heavy atom. The van der Waals surface area contributed by atoms with E-state index in [2.05, 4.69) is 4.98 Å². The van der Waals surface area contributed by atoms with Gasteiger partial charge in [0.15, 0.2) is 5.76 Å². The molecule has 0 bridgehead atoms. The molecule has 2 aromatic rings. The molecule has 7 heteroatoms. The molecule has 1 unspecified atom stereocenters. The maximum absolute atomic E-state index is 12.9. The van der Waals surface area contributed by atoms with Crippen molar-refractivity contribution in [1.29, 1.82) is 0 Å². The van der Waals surface area contributed by atoms with Gasteiger partial charge in [0, 0.05) is 19.3 Å². The van der Waals surface area contributed by atoms with Crippen LogP contribution in [-0.4, -0.2) is 58.8 Å². The number of carbonyl (C=O) groups excluding carboxylic acids is 2. The van der Waals surface area contributed by atoms with E-state index in [0.29, 0.717) is 23.7 Å². The smallest absolute Gasteiger partial charge is 0.290 e. The number of rotatable bonds is 6. The Hall–Kier alpha value is -2.51. The van der Waals surface area contributed by atoms with Crippen molar-refractivity contribution in [2.45, 2.75) is 6.04 Å². The molecule has 1 atom stereocenters. The lowest BCUT2D eigenvalue weighted by Crippen LogP contribution is -2.36. The van der Waals surface area contributed by atoms with E-state index in [1.54, 1.807) is 41.9 Å². The summed E-state index contributed by atoms with van der Waals surface area (Å²) in [6.45, 7) is 1.00. The molecule has 1 N–H and O–H groups in total. The Bertz CT molecular complexity index is 800. The van der Waals surface area contributed by atoms with E-state index >= 15 is 0 Å². The minimum Gasteiger partial charge on any atom is -0.503 e. The molecular formula is C18H19N3O3S. The highest BCUT2D eigenvalue weighted by atomic mass is 32.1. The number of thiophene rings is 1. The van der Waals surface area contributed by atoms with Gasteiger partial charge < -0.3 is 14.9 Å². The fourth-order valence-electron chi connectivity index (χ4n) is 2.81. The number of aromatic nitrogens is 1. The second-order valence-corrected chi connectivity index (χ2v) is 6.98. The molecule has 0 radical (unpaired) electrons. The van der Waals surface area contributed by atoms with E-state index in [1.807, 2.05) is 19.0 Å². The molecule has 1 aliphatic rings. The van der Waals surface area contributed by atoms with Gasteiger partial charge in [-0.25, -0.2) is 0 Å². The minimum atomic E-state index is -0.678. The van der Waals surface area contributed by atoms with Crippen molar-refractivity contribution < 1.29 is 14.7 Å². The Morgan fingerprint density at radius 1 is 1.32 bits per heavy atom. The van der Waals surface area contributed by atoms with E-state index < -0.39 is 17.7 Å². The highest BCUT2D eigenvalue weighted by molar-refractivity contribution is 7.12. The van der Waals surface area contributed by atoms with Crippen LogP contribution in [0, 0.1) is 0 Å². The third-order valence-corrected chi connectivity index (χ3v) is 4.92. The van der Waals surface area contributed by atoms with Crippen LogP contribution in [0.4, 0.5) is 0 Å². The number of nitrogens with zero attached hydrogens (tertiary/aromatic N) is 3. The molecule has 0 fully saturated rings. The molecule has 0 saturated carbocycles. The van der Waals surface area contributed by atoms with Crippen molar-refractivity contribution >= 4 is 23.0 Å². The fourth-order valence-corrected chi connectivity index (χ4v) is 3.49. The number of aliphatic hydroxyl groups excluding tert-OH is 1. The lowest BCUT2D eigenvalue weighted by molar-refractivity contribution is -0.129. The Balaban J connectivity index is 2.04. The summed E-state index contributed by atoms with van der Waals surface area (Å²) in [5, 5.41) is 12.2. The predicted molar refractivity (Wildman–Crippen MR) is 95.5 cm³/mol. The van der Waals surface area contributed by atoms with Gasteiger partial charge in [-0.2, -0.15) is 0 Å². The SMILES string of the molecule is CN(C)CCN1C(=O)C(O)=C(C(=O)c2cccs2)C1c1ccccn1. The number of carbonyl (C=O) groups is 2. The number of pyridine rings is 1. The number of hydrogen-bond acceptors (Lipinski definition) is 6. The van der Waals surface area contributed by atoms with Crippen molar-refractivity contribution in [3.63, 3.8) is 0 Å². The summed E-state index contributed by atoms with van der Waals surface area (Å²) in [5.41, 5.74) is 0.670. The summed E-state index contributed by atoms with van der Waals surface area (Å²) >= 11 is 1.28. The predicted octanol–water partition coefficient (Wildman–Crippen LogP) is 2.28. The monoisotopic (exact) mass is 357 g/mol. The summed E-state index contributed by atoms with van der Waals surface area (Å²) in [6, 6.07) is 8.12. The first-order valence-corrected chi connectivity index (χ1v) is 8.76. The molecule has 25 heavy (non-hydrogen) atoms. The highest BCUT2D eigenvalue weighted by Gasteiger charge is 2.44. The maximum atomic E-state index is 12.9. The third-order valence-electron chi connectivity index (χ3n) is 4.05. The topological polar surface area (TPSA) is 73.7 Å². The fraction of sp³-hybridized carbons (Fsp3) is 0.278. The molecular weight excluding hydrogens is 338 g/mol. The number of likely N-dealkylation sites (N-methyl/N-ethyl adjacent to an activating group) is 1. The molecule has 0 spiro atoms. The number of Topliss-reactive ketones (excluding diaryl/α,β-unsaturated/α-hetero) is 1. The molecule has 130 valence electrons. The number of amides is 1. The van der Waals surface area contributed by atoms with Gasteiger partial charge in [-0.05, 0) is 37.7 Å². The summed E-state index contributed by atoms with van der Waals surface area (Å²) in [7, 11) is 3.81. The van der Waals surface area contributed by atoms with Gasteiger partial charge in [0.25, 0.3) is 5.91 Å². The Labute approximate surface area is 150 Å². The van der Waals surface area contributed by atoms with Crippen LogP contribution in [0.2, 0.25) is 0 Å². The molecule has 1 aliphatic heterocycles. The number of hydrogen-bond donors (Lipinski definition) is 1. The number of ketones is 1. The second kappa shape index (κ2) is 7.16. The average Bonchev–Trinajstić information content (AvgIpc) is 3.22. The minimum absolute atomic E-state index is 0.102. The van der Waals surface area contributed by atoms with Gasteiger partial charge in [-0.15, -0.1) is 11.3 Å². The van der Waals surface area contributed by atoms with Crippen LogP contribution in [-0.2, 0) is 4.79 Å². The molecule has 0 aromatic carbocycles. The number of aliphatic hydroxyl groups is 1. The van der Waals surface area contributed by atoms with E-state index in [1.165, 1.54) is 16.2 Å². The summed E-state index contributed by atoms with van der Waals surface area (Å²) in [4.78, 5) is 33.8. The lowest BCUT2D eigenvalue weighted by atomic mass is 9.99. The van der Waals surface area contributed by atoms with Crippen molar-refractivity contribution in [3.05, 3.63) is 63.8 Å². The van der Waals surface area contributed by atoms with Crippen LogP contribution < -0.4 is 0 Å². The summed E-state index contributed by atoms with van der Waals surface area (Å²) in [6.07, 6.45) is 1.62. The van der Waals surface area contributed by atoms with Crippen LogP contribution in [0.1, 0.15) is 21.4 Å². The van der Waals surface area contributed by atoms with Gasteiger partial charge in [-0.3, -0.25) is 14.6 Å². The largest absolute Gasteiger partial charge is 0.503 e. The quantitative estimate of drug-likeness (QED) is 0.803. The normalized spacial score (nSPS) is 17.6. The van der Waals surface area contributed by atoms with Gasteiger partial charge in [0.05, 0.1) is 16.1 Å². The van der Waals surface area contributed by atoms with E-state index in [9.17, 15) is 14.7 Å². The van der Waals surface area contributed by atoms with Gasteiger partial charge in [0.1, 0.15) is 6.04 Å². The first kappa shape index (κ1) is 17.3. The van der Waals surface area contributed by atoms with Crippen LogP contribution in [0.25, 0.3) is 0 Å². The Kier molecular flexibility index (Phi) is 4.96. The van der Waals surface area contributed by atoms with Gasteiger partial charge in [-0.1, -0.05) is 12.1 Å². The summed E-state index contributed by atoms with van der Waals surface area (Å²) in [5.74, 6) is -1.34. The molecule has 0 saturated heterocycles. The zero-order chi connectivity index (χ0) is 18.0. The van der Waals surface area contributed by atoms with Gasteiger partial charge >= 0.3 is 0 Å². The second-order valence-electron chi connectivity index (χ2n) is 6.03. The lowest BCUT2D eigenvalue weighted by Gasteiger charge is -2.27. The van der Waals surface area contributed by atoms with Crippen LogP contribution in [0.15, 0.2) is 53.2 Å². The first-order valence-electron chi connectivity index (χ1n) is 7.88. The third kappa shape index (κ3) is 3.33. The van der Waals surface area contributed by atoms with Crippen molar-refractivity contribution in [3.8, 4) is 0 Å². The zero-order valence-corrected chi connectivity index (χ0v) is 14.9. The molecule has 3 heterocycles.